The largest absolute Gasteiger partial charge is 0.476 e. The topological polar surface area (TPSA) is 102 Å². The molecule has 1 aliphatic rings. The number of likely N-dealkylation sites (N-methyl/N-ethyl adjacent to an activating group) is 1. The lowest BCUT2D eigenvalue weighted by Gasteiger charge is -2.38. The zero-order chi connectivity index (χ0) is 15.8. The van der Waals surface area contributed by atoms with Crippen molar-refractivity contribution in [2.45, 2.75) is 19.4 Å². The van der Waals surface area contributed by atoms with Crippen LogP contribution in [0.5, 0.6) is 5.75 Å². The van der Waals surface area contributed by atoms with Gasteiger partial charge in [0.05, 0.1) is 10.6 Å². The number of non-ortho nitro benzene ring substituents is 1. The molecule has 0 unspecified atom stereocenters. The number of rotatable bonds is 3. The van der Waals surface area contributed by atoms with Gasteiger partial charge in [-0.15, -0.1) is 0 Å². The highest BCUT2D eigenvalue weighted by Crippen LogP contribution is 2.39. The van der Waals surface area contributed by atoms with Crippen molar-refractivity contribution in [3.8, 4) is 5.75 Å². The van der Waals surface area contributed by atoms with Crippen molar-refractivity contribution in [3.05, 3.63) is 28.3 Å². The molecule has 21 heavy (non-hydrogen) atoms. The smallest absolute Gasteiger partial charge is 0.271 e. The number of fused-ring (bicyclic) bond motifs is 1. The van der Waals surface area contributed by atoms with Crippen LogP contribution in [0.4, 0.5) is 11.4 Å². The summed E-state index contributed by atoms with van der Waals surface area (Å²) in [6, 6.07) is 3.95. The van der Waals surface area contributed by atoms with E-state index in [1.165, 1.54) is 30.1 Å². The quantitative estimate of drug-likeness (QED) is 0.657. The Bertz CT molecular complexity index is 626. The Labute approximate surface area is 120 Å². The zero-order valence-electron chi connectivity index (χ0n) is 11.9. The van der Waals surface area contributed by atoms with Crippen LogP contribution in [0, 0.1) is 10.1 Å². The number of anilines is 1. The molecule has 1 aromatic rings. The average molecular weight is 293 g/mol. The molecule has 0 spiro atoms. The number of nitrogens with one attached hydrogen (secondary N) is 1. The van der Waals surface area contributed by atoms with Gasteiger partial charge in [0, 0.05) is 19.2 Å². The Morgan fingerprint density at radius 3 is 2.71 bits per heavy atom. The normalized spacial score (nSPS) is 16.0. The van der Waals surface area contributed by atoms with Gasteiger partial charge in [-0.2, -0.15) is 0 Å². The molecule has 8 heteroatoms. The summed E-state index contributed by atoms with van der Waals surface area (Å²) in [5.41, 5.74) is -1.10. The minimum absolute atomic E-state index is 0.174. The first-order valence-corrected chi connectivity index (χ1v) is 6.26. The van der Waals surface area contributed by atoms with Gasteiger partial charge in [0.25, 0.3) is 11.6 Å². The van der Waals surface area contributed by atoms with Crippen LogP contribution in [0.3, 0.4) is 0 Å². The molecule has 0 radical (unpaired) electrons. The van der Waals surface area contributed by atoms with Crippen LogP contribution >= 0.6 is 0 Å². The minimum Gasteiger partial charge on any atom is -0.476 e. The third-order valence-electron chi connectivity index (χ3n) is 3.15. The Morgan fingerprint density at radius 2 is 2.14 bits per heavy atom. The van der Waals surface area contributed by atoms with Gasteiger partial charge in [-0.3, -0.25) is 24.6 Å². The highest BCUT2D eigenvalue weighted by molar-refractivity contribution is 6.05. The van der Waals surface area contributed by atoms with Crippen LogP contribution in [0.2, 0.25) is 0 Å². The van der Waals surface area contributed by atoms with Crippen molar-refractivity contribution in [1.29, 1.82) is 0 Å². The van der Waals surface area contributed by atoms with E-state index < -0.39 is 16.4 Å². The third-order valence-corrected chi connectivity index (χ3v) is 3.15. The maximum absolute atomic E-state index is 12.4. The van der Waals surface area contributed by atoms with Crippen LogP contribution in [-0.4, -0.2) is 35.9 Å². The summed E-state index contributed by atoms with van der Waals surface area (Å²) in [6.07, 6.45) is 0. The lowest BCUT2D eigenvalue weighted by molar-refractivity contribution is -0.384. The van der Waals surface area contributed by atoms with Crippen LogP contribution in [0.25, 0.3) is 0 Å². The van der Waals surface area contributed by atoms with Crippen molar-refractivity contribution in [2.24, 2.45) is 0 Å². The van der Waals surface area contributed by atoms with E-state index >= 15 is 0 Å². The Morgan fingerprint density at radius 1 is 1.48 bits per heavy atom. The lowest BCUT2D eigenvalue weighted by Crippen LogP contribution is -2.54. The molecular formula is C13H15N3O5. The highest BCUT2D eigenvalue weighted by atomic mass is 16.6. The van der Waals surface area contributed by atoms with Crippen LogP contribution in [0.15, 0.2) is 18.2 Å². The van der Waals surface area contributed by atoms with E-state index in [-0.39, 0.29) is 23.8 Å². The molecule has 112 valence electrons. The molecule has 0 saturated carbocycles. The number of nitro groups is 1. The van der Waals surface area contributed by atoms with Gasteiger partial charge in [-0.05, 0) is 19.9 Å². The number of benzene rings is 1. The molecule has 2 amide bonds. The molecule has 0 atom stereocenters. The fourth-order valence-electron chi connectivity index (χ4n) is 2.05. The number of nitro benzene ring substituents is 1. The number of hydrogen-bond acceptors (Lipinski definition) is 5. The van der Waals surface area contributed by atoms with Gasteiger partial charge >= 0.3 is 0 Å². The molecule has 0 bridgehead atoms. The van der Waals surface area contributed by atoms with Crippen LogP contribution < -0.4 is 15.0 Å². The maximum atomic E-state index is 12.4. The Kier molecular flexibility index (Phi) is 3.54. The van der Waals surface area contributed by atoms with Crippen LogP contribution in [-0.2, 0) is 9.59 Å². The van der Waals surface area contributed by atoms with Gasteiger partial charge in [0.1, 0.15) is 12.3 Å². The van der Waals surface area contributed by atoms with E-state index in [0.29, 0.717) is 5.75 Å². The average Bonchev–Trinajstić information content (AvgIpc) is 2.42. The summed E-state index contributed by atoms with van der Waals surface area (Å²) in [7, 11) is 1.45. The monoisotopic (exact) mass is 293 g/mol. The second-order valence-electron chi connectivity index (χ2n) is 5.09. The van der Waals surface area contributed by atoms with E-state index in [9.17, 15) is 19.7 Å². The molecule has 1 aliphatic heterocycles. The predicted octanol–water partition coefficient (Wildman–Crippen LogP) is 0.845. The number of ether oxygens (including phenoxy) is 1. The molecule has 0 aromatic heterocycles. The van der Waals surface area contributed by atoms with E-state index in [2.05, 4.69) is 5.32 Å². The highest BCUT2D eigenvalue weighted by Gasteiger charge is 2.42. The summed E-state index contributed by atoms with van der Waals surface area (Å²) in [5, 5.41) is 13.3. The van der Waals surface area contributed by atoms with Crippen molar-refractivity contribution in [2.75, 3.05) is 18.5 Å². The lowest BCUT2D eigenvalue weighted by atomic mass is 10.0. The van der Waals surface area contributed by atoms with E-state index in [4.69, 9.17) is 4.74 Å². The molecule has 0 saturated heterocycles. The zero-order valence-corrected chi connectivity index (χ0v) is 11.9. The van der Waals surface area contributed by atoms with Gasteiger partial charge in [-0.1, -0.05) is 0 Å². The number of nitrogens with zero attached hydrogens (tertiary/aromatic N) is 2. The fourth-order valence-corrected chi connectivity index (χ4v) is 2.05. The summed E-state index contributed by atoms with van der Waals surface area (Å²) < 4.78 is 5.57. The summed E-state index contributed by atoms with van der Waals surface area (Å²) in [6.45, 7) is 2.93. The second-order valence-corrected chi connectivity index (χ2v) is 5.09. The molecular weight excluding hydrogens is 278 g/mol. The van der Waals surface area contributed by atoms with E-state index in [0.717, 1.165) is 0 Å². The molecule has 0 fully saturated rings. The maximum Gasteiger partial charge on any atom is 0.271 e. The standard InChI is InChI=1S/C13H15N3O5/c1-13(2)12(18)15(7-11(17)14-3)9-6-8(16(19)20)4-5-10(9)21-13/h4-6H,7H2,1-3H3,(H,14,17). The fraction of sp³-hybridized carbons (Fsp3) is 0.385. The first kappa shape index (κ1) is 14.8. The predicted molar refractivity (Wildman–Crippen MR) is 74.2 cm³/mol. The van der Waals surface area contributed by atoms with Gasteiger partial charge in [-0.25, -0.2) is 0 Å². The molecule has 2 rings (SSSR count). The SMILES string of the molecule is CNC(=O)CN1C(=O)C(C)(C)Oc2ccc([N+](=O)[O-])cc21. The van der Waals surface area contributed by atoms with E-state index in [1.807, 2.05) is 0 Å². The minimum atomic E-state index is -1.14. The Hall–Kier alpha value is -2.64. The van der Waals surface area contributed by atoms with Crippen molar-refractivity contribution in [3.63, 3.8) is 0 Å². The van der Waals surface area contributed by atoms with Crippen molar-refractivity contribution >= 4 is 23.2 Å². The summed E-state index contributed by atoms with van der Waals surface area (Å²) >= 11 is 0. The first-order chi connectivity index (χ1) is 9.76. The third kappa shape index (κ3) is 2.64. The van der Waals surface area contributed by atoms with Gasteiger partial charge in [0.2, 0.25) is 5.91 Å². The molecule has 1 heterocycles. The van der Waals surface area contributed by atoms with Gasteiger partial charge < -0.3 is 10.1 Å². The molecule has 8 nitrogen and oxygen atoms in total. The van der Waals surface area contributed by atoms with Crippen molar-refractivity contribution < 1.29 is 19.2 Å². The molecule has 1 N–H and O–H groups in total. The first-order valence-electron chi connectivity index (χ1n) is 6.26. The second kappa shape index (κ2) is 5.04. The number of amides is 2. The van der Waals surface area contributed by atoms with E-state index in [1.54, 1.807) is 13.8 Å². The van der Waals surface area contributed by atoms with Crippen molar-refractivity contribution in [1.82, 2.24) is 5.32 Å². The summed E-state index contributed by atoms with van der Waals surface area (Å²) in [4.78, 5) is 35.5. The Balaban J connectivity index is 2.52. The number of hydrogen-bond donors (Lipinski definition) is 1. The van der Waals surface area contributed by atoms with Crippen LogP contribution in [0.1, 0.15) is 13.8 Å². The summed E-state index contributed by atoms with van der Waals surface area (Å²) in [5.74, 6) is -0.480. The molecule has 0 aliphatic carbocycles. The number of carbonyl (C=O) groups excluding carboxylic acids is 2. The number of carbonyl (C=O) groups is 2. The molecule has 1 aromatic carbocycles. The van der Waals surface area contributed by atoms with Gasteiger partial charge in [0.15, 0.2) is 5.60 Å².